The topological polar surface area (TPSA) is 142 Å². The van der Waals surface area contributed by atoms with Crippen molar-refractivity contribution in [3.05, 3.63) is 41.7 Å². The van der Waals surface area contributed by atoms with Gasteiger partial charge in [0.25, 0.3) is 11.8 Å². The molecule has 2 aromatic heterocycles. The number of carbonyl (C=O) groups is 4. The smallest absolute Gasteiger partial charge is 0.328 e. The van der Waals surface area contributed by atoms with Crippen LogP contribution in [-0.4, -0.2) is 60.0 Å². The van der Waals surface area contributed by atoms with Crippen molar-refractivity contribution in [3.8, 4) is 0 Å². The number of ether oxygens (including phenoxy) is 2. The van der Waals surface area contributed by atoms with Crippen molar-refractivity contribution in [2.75, 3.05) is 14.2 Å². The number of halogens is 4. The van der Waals surface area contributed by atoms with Crippen molar-refractivity contribution in [1.29, 1.82) is 0 Å². The number of hydrogen-bond donors (Lipinski definition) is 4. The number of esters is 2. The van der Waals surface area contributed by atoms with Gasteiger partial charge >= 0.3 is 11.9 Å². The van der Waals surface area contributed by atoms with E-state index in [1.54, 1.807) is 26.0 Å². The maximum Gasteiger partial charge on any atom is 0.328 e. The van der Waals surface area contributed by atoms with E-state index in [-0.39, 0.29) is 11.8 Å². The maximum absolute atomic E-state index is 11.6. The number of amides is 2. The second-order valence-electron chi connectivity index (χ2n) is 6.13. The Hall–Kier alpha value is -1.64. The van der Waals surface area contributed by atoms with Crippen LogP contribution >= 0.6 is 63.7 Å². The maximum atomic E-state index is 11.6. The van der Waals surface area contributed by atoms with Crippen LogP contribution in [0.4, 0.5) is 0 Å². The van der Waals surface area contributed by atoms with E-state index in [9.17, 15) is 19.2 Å². The Balaban J connectivity index is 0.000000320. The van der Waals surface area contributed by atoms with E-state index in [2.05, 4.69) is 93.8 Å². The van der Waals surface area contributed by atoms with Gasteiger partial charge in [-0.05, 0) is 89.7 Å². The highest BCUT2D eigenvalue weighted by molar-refractivity contribution is 9.13. The highest BCUT2D eigenvalue weighted by Gasteiger charge is 2.19. The van der Waals surface area contributed by atoms with E-state index in [0.717, 1.165) is 8.95 Å². The zero-order valence-corrected chi connectivity index (χ0v) is 23.6. The normalized spacial score (nSPS) is 12.0. The van der Waals surface area contributed by atoms with E-state index in [1.807, 2.05) is 0 Å². The number of rotatable bonds is 6. The predicted octanol–water partition coefficient (Wildman–Crippen LogP) is 3.66. The highest BCUT2D eigenvalue weighted by Crippen LogP contribution is 2.23. The zero-order chi connectivity index (χ0) is 24.6. The van der Waals surface area contributed by atoms with Crippen LogP contribution in [0.5, 0.6) is 0 Å². The Kier molecular flexibility index (Phi) is 11.7. The fourth-order valence-electron chi connectivity index (χ4n) is 2.07. The molecule has 176 valence electrons. The molecule has 0 unspecified atom stereocenters. The second-order valence-corrected chi connectivity index (χ2v) is 9.42. The summed E-state index contributed by atoms with van der Waals surface area (Å²) in [5.41, 5.74) is 0.712. The third-order valence-electron chi connectivity index (χ3n) is 3.74. The molecule has 10 nitrogen and oxygen atoms in total. The molecule has 0 radical (unpaired) electrons. The first-order valence-electron chi connectivity index (χ1n) is 8.76. The van der Waals surface area contributed by atoms with E-state index in [1.165, 1.54) is 14.2 Å². The van der Waals surface area contributed by atoms with Crippen molar-refractivity contribution < 1.29 is 28.7 Å². The van der Waals surface area contributed by atoms with Gasteiger partial charge in [0.15, 0.2) is 0 Å². The second kappa shape index (κ2) is 13.2. The SMILES string of the molecule is COC(=O)[C@@H](C)NC(=O)c1cc(Br)c(Br)[nH]1.COC(=O)[C@H](C)NC(=O)c1cc(Br)c(Br)[nH]1. The average molecular weight is 708 g/mol. The van der Waals surface area contributed by atoms with Gasteiger partial charge in [0.1, 0.15) is 23.5 Å². The first-order chi connectivity index (χ1) is 14.9. The molecular formula is C18H20Br4N4O6. The summed E-state index contributed by atoms with van der Waals surface area (Å²) in [6.45, 7) is 3.10. The van der Waals surface area contributed by atoms with Gasteiger partial charge in [0.05, 0.1) is 32.4 Å². The summed E-state index contributed by atoms with van der Waals surface area (Å²) < 4.78 is 11.8. The predicted molar refractivity (Wildman–Crippen MR) is 130 cm³/mol. The Labute approximate surface area is 217 Å². The van der Waals surface area contributed by atoms with Crippen molar-refractivity contribution in [1.82, 2.24) is 20.6 Å². The van der Waals surface area contributed by atoms with E-state index >= 15 is 0 Å². The molecule has 0 saturated carbocycles. The molecule has 0 aliphatic heterocycles. The lowest BCUT2D eigenvalue weighted by atomic mass is 10.3. The van der Waals surface area contributed by atoms with Crippen LogP contribution in [-0.2, 0) is 19.1 Å². The van der Waals surface area contributed by atoms with Crippen molar-refractivity contribution >= 4 is 87.5 Å². The number of H-pyrrole nitrogens is 2. The van der Waals surface area contributed by atoms with Crippen LogP contribution in [0, 0.1) is 0 Å². The summed E-state index contributed by atoms with van der Waals surface area (Å²) in [6.07, 6.45) is 0. The van der Waals surface area contributed by atoms with Crippen LogP contribution in [0.2, 0.25) is 0 Å². The molecule has 0 fully saturated rings. The molecule has 0 aromatic carbocycles. The summed E-state index contributed by atoms with van der Waals surface area (Å²) in [7, 11) is 2.54. The van der Waals surface area contributed by atoms with E-state index < -0.39 is 24.0 Å². The first kappa shape index (κ1) is 28.4. The van der Waals surface area contributed by atoms with E-state index in [0.29, 0.717) is 20.6 Å². The molecule has 0 aliphatic carbocycles. The molecule has 32 heavy (non-hydrogen) atoms. The molecule has 2 heterocycles. The highest BCUT2D eigenvalue weighted by atomic mass is 79.9. The van der Waals surface area contributed by atoms with Gasteiger partial charge in [0, 0.05) is 0 Å². The molecular weight excluding hydrogens is 688 g/mol. The van der Waals surface area contributed by atoms with Crippen molar-refractivity contribution in [2.45, 2.75) is 25.9 Å². The molecule has 2 amide bonds. The Morgan fingerprint density at radius 2 is 1.06 bits per heavy atom. The number of carbonyl (C=O) groups excluding carboxylic acids is 4. The first-order valence-corrected chi connectivity index (χ1v) is 11.9. The standard InChI is InChI=1S/2C9H10Br2N2O3/c2*1-4(9(15)16-2)12-8(14)6-3-5(10)7(11)13-6/h2*3-4,13H,1-2H3,(H,12,14)/t2*4-/m10/s1. The van der Waals surface area contributed by atoms with Gasteiger partial charge in [-0.25, -0.2) is 9.59 Å². The average Bonchev–Trinajstić information content (AvgIpc) is 3.27. The monoisotopic (exact) mass is 704 g/mol. The number of nitrogens with one attached hydrogen (secondary N) is 4. The Morgan fingerprint density at radius 3 is 1.28 bits per heavy atom. The summed E-state index contributed by atoms with van der Waals surface area (Å²) in [6, 6.07) is 1.86. The minimum atomic E-state index is -0.682. The van der Waals surface area contributed by atoms with Gasteiger partial charge in [-0.15, -0.1) is 0 Å². The van der Waals surface area contributed by atoms with Gasteiger partial charge in [-0.2, -0.15) is 0 Å². The summed E-state index contributed by atoms with van der Waals surface area (Å²) in [4.78, 5) is 51.1. The molecule has 2 aromatic rings. The van der Waals surface area contributed by atoms with Gasteiger partial charge in [0.2, 0.25) is 0 Å². The Morgan fingerprint density at radius 1 is 0.750 bits per heavy atom. The molecule has 0 bridgehead atoms. The molecule has 0 spiro atoms. The Bertz CT molecular complexity index is 873. The lowest BCUT2D eigenvalue weighted by Crippen LogP contribution is -2.39. The van der Waals surface area contributed by atoms with Crippen molar-refractivity contribution in [3.63, 3.8) is 0 Å². The molecule has 0 saturated heterocycles. The number of hydrogen-bond acceptors (Lipinski definition) is 6. The molecule has 2 rings (SSSR count). The minimum Gasteiger partial charge on any atom is -0.467 e. The largest absolute Gasteiger partial charge is 0.467 e. The van der Waals surface area contributed by atoms with Gasteiger partial charge in [-0.3, -0.25) is 9.59 Å². The van der Waals surface area contributed by atoms with Crippen LogP contribution in [0.15, 0.2) is 30.3 Å². The fraction of sp³-hybridized carbons (Fsp3) is 0.333. The summed E-state index contributed by atoms with van der Waals surface area (Å²) in [5, 5.41) is 5.00. The number of aromatic nitrogens is 2. The van der Waals surface area contributed by atoms with Crippen LogP contribution in [0.1, 0.15) is 34.8 Å². The summed E-state index contributed by atoms with van der Waals surface area (Å²) >= 11 is 12.9. The lowest BCUT2D eigenvalue weighted by molar-refractivity contribution is -0.143. The quantitative estimate of drug-likeness (QED) is 0.338. The third-order valence-corrected chi connectivity index (χ3v) is 7.31. The third kappa shape index (κ3) is 8.37. The summed E-state index contributed by atoms with van der Waals surface area (Å²) in [5.74, 6) is -1.72. The van der Waals surface area contributed by atoms with Crippen LogP contribution in [0.25, 0.3) is 0 Å². The van der Waals surface area contributed by atoms with Gasteiger partial charge < -0.3 is 30.1 Å². The number of methoxy groups -OCH3 is 2. The zero-order valence-electron chi connectivity index (χ0n) is 17.3. The number of aromatic amines is 2. The van der Waals surface area contributed by atoms with Crippen molar-refractivity contribution in [2.24, 2.45) is 0 Å². The van der Waals surface area contributed by atoms with E-state index in [4.69, 9.17) is 0 Å². The molecule has 0 aliphatic rings. The molecule has 2 atom stereocenters. The lowest BCUT2D eigenvalue weighted by Gasteiger charge is -2.10. The van der Waals surface area contributed by atoms with Crippen LogP contribution in [0.3, 0.4) is 0 Å². The van der Waals surface area contributed by atoms with Crippen LogP contribution < -0.4 is 10.6 Å². The minimum absolute atomic E-state index is 0.356. The molecule has 4 N–H and O–H groups in total. The molecule has 14 heteroatoms. The van der Waals surface area contributed by atoms with Gasteiger partial charge in [-0.1, -0.05) is 0 Å². The fourth-order valence-corrected chi connectivity index (χ4v) is 3.39.